The minimum absolute atomic E-state index is 0.00100. The number of alkyl halides is 6. The summed E-state index contributed by atoms with van der Waals surface area (Å²) in [6.07, 6.45) is -3.30. The van der Waals surface area contributed by atoms with Crippen LogP contribution in [-0.2, 0) is 77.7 Å². The van der Waals surface area contributed by atoms with Crippen LogP contribution >= 0.6 is 74.2 Å². The Hall–Kier alpha value is -6.26. The first-order chi connectivity index (χ1) is 56.3. The van der Waals surface area contributed by atoms with Crippen molar-refractivity contribution >= 4 is 146 Å². The van der Waals surface area contributed by atoms with Crippen molar-refractivity contribution in [2.45, 2.75) is 280 Å². The summed E-state index contributed by atoms with van der Waals surface area (Å²) in [6, 6.07) is 33.1. The van der Waals surface area contributed by atoms with Gasteiger partial charge in [-0.15, -0.1) is 0 Å². The van der Waals surface area contributed by atoms with Gasteiger partial charge in [-0.25, -0.2) is 8.42 Å². The van der Waals surface area contributed by atoms with Gasteiger partial charge in [-0.3, -0.25) is 33.6 Å². The Kier molecular flexibility index (Phi) is 32.4. The molecule has 8 fully saturated rings. The number of carbonyl (C=O) groups excluding carboxylic acids is 7. The van der Waals surface area contributed by atoms with E-state index in [2.05, 4.69) is 154 Å². The van der Waals surface area contributed by atoms with Crippen molar-refractivity contribution < 1.29 is 121 Å². The number of hydrogen-bond donors (Lipinski definition) is 2. The molecule has 3 aliphatic heterocycles. The van der Waals surface area contributed by atoms with E-state index in [9.17, 15) is 83.1 Å². The van der Waals surface area contributed by atoms with Gasteiger partial charge in [-0.2, -0.15) is 26.3 Å². The number of halogens is 10. The third-order valence-electron chi connectivity index (χ3n) is 25.0. The molecule has 0 spiro atoms. The summed E-state index contributed by atoms with van der Waals surface area (Å²) in [6.45, 7) is 30.4. The van der Waals surface area contributed by atoms with Crippen LogP contribution in [0.2, 0.25) is 0 Å². The van der Waals surface area contributed by atoms with E-state index < -0.39 is 109 Å². The Morgan fingerprint density at radius 2 is 1.03 bits per heavy atom. The second kappa shape index (κ2) is 39.1. The minimum atomic E-state index is -5.27. The Balaban J connectivity index is 0.000000185. The van der Waals surface area contributed by atoms with Crippen LogP contribution in [0.25, 0.3) is 25.1 Å². The number of carbonyl (C=O) groups is 7. The Labute approximate surface area is 746 Å². The maximum atomic E-state index is 13.3. The molecule has 6 bridgehead atoms. The van der Waals surface area contributed by atoms with Gasteiger partial charge in [0.25, 0.3) is 0 Å². The molecule has 5 aromatic carbocycles. The highest BCUT2D eigenvalue weighted by Crippen LogP contribution is 2.64. The van der Waals surface area contributed by atoms with Crippen LogP contribution in [-0.4, -0.2) is 125 Å². The van der Waals surface area contributed by atoms with Crippen molar-refractivity contribution in [1.29, 1.82) is 0 Å². The van der Waals surface area contributed by atoms with Gasteiger partial charge in [0, 0.05) is 27.7 Å². The predicted octanol–water partition coefficient (Wildman–Crippen LogP) is 23.0. The highest BCUT2D eigenvalue weighted by Gasteiger charge is 2.67. The van der Waals surface area contributed by atoms with Crippen LogP contribution in [0.4, 0.5) is 26.3 Å². The predicted molar refractivity (Wildman–Crippen MR) is 464 cm³/mol. The topological polar surface area (TPSA) is 291 Å². The standard InChI is InChI=1S/C20H29F3O7S.C18H13S.C15H19F3O3.C13H18O5.C12H12Br4O3.C12H22O2/c1-4-17(2,3)15(24)30-19-8-12-5-13(9-19)7-18(6-12,11-19)16(25)29-14(20(21,22)23)10-31(26,27)28;1-2-8-14(9-3-1)19-17-12-6-4-10-15(17)16-11-5-7-13-18(16)19;1-5-13(2,3)12(19)21-11-8-6-10(7-9-11)14(4,20)15(16,17)18;1-4-13(2,3)12(15)18-9-7-5-6-8(16-7)10(9)17-11(6)14;1-4-12(2,3)11(18)19-10-8(16)6(14)5(13)7(15)9(10)17;1-5-11(2,3)10(13)14-12(4)8-6-7-9-12/h12-14H,4-11H2,1-3H3,(H,26,27,28);1-13H;6-9,20H,5H2,1-4H3;6-10H,4-5H2,1-3H3;17H,4H2,1-3H3;5-9H2,1-4H3/q;+1;;;;/p-1. The molecule has 2 N–H and O–H groups in total. The zero-order chi connectivity index (χ0) is 91.4. The average molecular weight is 2010 g/mol. The van der Waals surface area contributed by atoms with E-state index in [1.54, 1.807) is 41.5 Å². The summed E-state index contributed by atoms with van der Waals surface area (Å²) in [5, 5.41) is 22.4. The first kappa shape index (κ1) is 101. The third kappa shape index (κ3) is 23.6. The number of esters is 7. The molecule has 4 heterocycles. The van der Waals surface area contributed by atoms with E-state index >= 15 is 0 Å². The van der Waals surface area contributed by atoms with Crippen molar-refractivity contribution in [2.24, 2.45) is 50.2 Å². The fraction of sp³-hybridized carbons (Fsp3) is 0.589. The zero-order valence-corrected chi connectivity index (χ0v) is 79.8. The molecule has 9 unspecified atom stereocenters. The maximum Gasteiger partial charge on any atom is 0.426 e. The normalized spacial score (nSPS) is 23.2. The quantitative estimate of drug-likeness (QED) is 0.00989. The van der Waals surface area contributed by atoms with Gasteiger partial charge in [-0.05, 0) is 309 Å². The van der Waals surface area contributed by atoms with Gasteiger partial charge < -0.3 is 52.7 Å². The first-order valence-electron chi connectivity index (χ1n) is 40.9. The van der Waals surface area contributed by atoms with Gasteiger partial charge >= 0.3 is 54.1 Å². The number of fused-ring (bicyclic) bond motifs is 4. The summed E-state index contributed by atoms with van der Waals surface area (Å²) in [5.74, 6) is -4.83. The largest absolute Gasteiger partial charge is 0.748 e. The molecule has 3 saturated heterocycles. The summed E-state index contributed by atoms with van der Waals surface area (Å²) in [7, 11) is -5.21. The van der Waals surface area contributed by atoms with Crippen LogP contribution in [0.3, 0.4) is 0 Å². The van der Waals surface area contributed by atoms with E-state index in [1.165, 1.54) is 50.0 Å². The molecule has 0 amide bonds. The lowest BCUT2D eigenvalue weighted by Gasteiger charge is -2.60. The second-order valence-electron chi connectivity index (χ2n) is 36.4. The van der Waals surface area contributed by atoms with Crippen LogP contribution < -0.4 is 9.47 Å². The molecular weight excluding hydrogens is 1900 g/mol. The highest BCUT2D eigenvalue weighted by atomic mass is 79.9. The van der Waals surface area contributed by atoms with Gasteiger partial charge in [0.15, 0.2) is 43.6 Å². The molecule has 32 heteroatoms. The minimum Gasteiger partial charge on any atom is -0.748 e. The third-order valence-corrected chi connectivity index (χ3v) is 32.7. The zero-order valence-electron chi connectivity index (χ0n) is 71.8. The second-order valence-corrected chi connectivity index (χ2v) is 43.0. The summed E-state index contributed by atoms with van der Waals surface area (Å²) < 4.78 is 159. The average Bonchev–Trinajstić information content (AvgIpc) is 0.948. The summed E-state index contributed by atoms with van der Waals surface area (Å²) in [5.41, 5.74) is -8.52. The number of aromatic hydroxyl groups is 1. The molecular formula is C90H112Br4F6O20S2. The van der Waals surface area contributed by atoms with Crippen LogP contribution in [0.15, 0.2) is 121 Å². The molecule has 9 atom stereocenters. The number of phenolic OH excluding ortho intramolecular Hbond substituents is 1. The highest BCUT2D eigenvalue weighted by molar-refractivity contribution is 9.15. The molecule has 5 aliphatic carbocycles. The maximum absolute atomic E-state index is 13.3. The molecule has 1 aromatic heterocycles. The van der Waals surface area contributed by atoms with Crippen LogP contribution in [0.1, 0.15) is 226 Å². The van der Waals surface area contributed by atoms with E-state index in [4.69, 9.17) is 33.2 Å². The van der Waals surface area contributed by atoms with Crippen LogP contribution in [0.5, 0.6) is 17.2 Å². The molecule has 6 aromatic rings. The van der Waals surface area contributed by atoms with Crippen molar-refractivity contribution in [3.8, 4) is 22.1 Å². The molecule has 122 heavy (non-hydrogen) atoms. The smallest absolute Gasteiger partial charge is 0.426 e. The molecule has 0 radical (unpaired) electrons. The van der Waals surface area contributed by atoms with Gasteiger partial charge in [0.1, 0.15) is 23.1 Å². The summed E-state index contributed by atoms with van der Waals surface area (Å²) >= 11 is 13.2. The lowest BCUT2D eigenvalue weighted by atomic mass is 9.48. The number of benzene rings is 5. The van der Waals surface area contributed by atoms with E-state index in [0.717, 1.165) is 37.8 Å². The van der Waals surface area contributed by atoms with Crippen molar-refractivity contribution in [1.82, 2.24) is 0 Å². The Bertz CT molecular complexity index is 4790. The van der Waals surface area contributed by atoms with Crippen molar-refractivity contribution in [3.63, 3.8) is 0 Å². The van der Waals surface area contributed by atoms with E-state index in [-0.39, 0.29) is 98.6 Å². The van der Waals surface area contributed by atoms with Gasteiger partial charge in [0.2, 0.25) is 6.10 Å². The number of hydrogen-bond acceptors (Lipinski definition) is 20. The lowest BCUT2D eigenvalue weighted by molar-refractivity contribution is -0.258. The molecule has 674 valence electrons. The number of phenols is 1. The molecule has 8 aliphatic rings. The Morgan fingerprint density at radius 3 is 1.51 bits per heavy atom. The van der Waals surface area contributed by atoms with Crippen LogP contribution in [0, 0.1) is 50.2 Å². The van der Waals surface area contributed by atoms with Crippen molar-refractivity contribution in [3.05, 3.63) is 127 Å². The van der Waals surface area contributed by atoms with E-state index in [0.29, 0.717) is 82.6 Å². The van der Waals surface area contributed by atoms with Gasteiger partial charge in [0.05, 0.1) is 78.3 Å². The fourth-order valence-electron chi connectivity index (χ4n) is 15.3. The van der Waals surface area contributed by atoms with Gasteiger partial charge in [-0.1, -0.05) is 89.2 Å². The fourth-order valence-corrected chi connectivity index (χ4v) is 20.5. The van der Waals surface area contributed by atoms with E-state index in [1.807, 2.05) is 62.3 Å². The monoisotopic (exact) mass is 2010 g/mol. The first-order valence-corrected chi connectivity index (χ1v) is 46.9. The van der Waals surface area contributed by atoms with Crippen molar-refractivity contribution in [2.75, 3.05) is 5.75 Å². The molecule has 14 rings (SSSR count). The molecule has 5 saturated carbocycles. The number of ether oxygens (including phenoxy) is 8. The number of rotatable bonds is 21. The lowest BCUT2D eigenvalue weighted by Crippen LogP contribution is -2.61. The molecule has 20 nitrogen and oxygen atoms in total. The number of thiophene rings is 1. The SMILES string of the molecule is CCC(C)(C)C(=O)OC1(C)CCCC1.CCC(C)(C)C(=O)OC12CC3CC(C1)CC(C(=O)OC(CS(=O)(=O)[O-])C(F)(F)F)(C3)C2.CCC(C)(C)C(=O)OC1C2CC3C(=O)OC1C3O2.CCC(C)(C)C(=O)Oc1c(O)c(Br)c(Br)c(Br)c1Br.CCC(C)(C)C(=O)Oc1ccc(C(C)(O)C(F)(F)F)cc1.c1ccc(-[s+]2c3ccccc3c3ccccc32)cc1. The summed E-state index contributed by atoms with van der Waals surface area (Å²) in [4.78, 5) is 86.5. The number of aliphatic hydroxyl groups is 1. The Morgan fingerprint density at radius 1 is 0.582 bits per heavy atom.